The topological polar surface area (TPSA) is 48.4 Å². The molecule has 0 N–H and O–H groups in total. The van der Waals surface area contributed by atoms with Crippen molar-refractivity contribution in [1.29, 1.82) is 0 Å². The molecule has 0 bridgehead atoms. The standard InChI is InChI=1S/C17H14F3NO3S/c1-10(14-9-25-16(21-14)17(18,19)20)11-6-4-5-7-12(11)13(8-23-2)15(22)24-3/h4-9H,1H2,2-3H3/b13-8+. The van der Waals surface area contributed by atoms with E-state index >= 15 is 0 Å². The molecule has 8 heteroatoms. The highest BCUT2D eigenvalue weighted by atomic mass is 32.1. The van der Waals surface area contributed by atoms with Crippen LogP contribution in [0.2, 0.25) is 0 Å². The van der Waals surface area contributed by atoms with Gasteiger partial charge in [-0.15, -0.1) is 11.3 Å². The summed E-state index contributed by atoms with van der Waals surface area (Å²) in [6.07, 6.45) is -3.31. The van der Waals surface area contributed by atoms with E-state index in [1.54, 1.807) is 24.3 Å². The molecule has 0 saturated carbocycles. The second-order valence-corrected chi connectivity index (χ2v) is 5.68. The van der Waals surface area contributed by atoms with Gasteiger partial charge in [0.25, 0.3) is 0 Å². The summed E-state index contributed by atoms with van der Waals surface area (Å²) < 4.78 is 47.9. The smallest absolute Gasteiger partial charge is 0.443 e. The number of hydrogen-bond acceptors (Lipinski definition) is 5. The summed E-state index contributed by atoms with van der Waals surface area (Å²) in [5.41, 5.74) is 1.34. The molecule has 1 aromatic heterocycles. The Morgan fingerprint density at radius 2 is 1.88 bits per heavy atom. The third-order valence-corrected chi connectivity index (χ3v) is 4.13. The van der Waals surface area contributed by atoms with Gasteiger partial charge in [-0.1, -0.05) is 30.8 Å². The largest absolute Gasteiger partial charge is 0.503 e. The lowest BCUT2D eigenvalue weighted by atomic mass is 9.94. The monoisotopic (exact) mass is 369 g/mol. The highest BCUT2D eigenvalue weighted by Crippen LogP contribution is 2.35. The number of alkyl halides is 3. The Labute approximate surface area is 146 Å². The van der Waals surface area contributed by atoms with Gasteiger partial charge in [0.1, 0.15) is 5.57 Å². The highest BCUT2D eigenvalue weighted by Gasteiger charge is 2.35. The molecule has 25 heavy (non-hydrogen) atoms. The van der Waals surface area contributed by atoms with Crippen molar-refractivity contribution in [1.82, 2.24) is 4.98 Å². The first-order valence-electron chi connectivity index (χ1n) is 6.92. The molecular weight excluding hydrogens is 355 g/mol. The summed E-state index contributed by atoms with van der Waals surface area (Å²) in [5, 5.41) is 0.321. The Hall–Kier alpha value is -2.61. The van der Waals surface area contributed by atoms with Crippen LogP contribution >= 0.6 is 11.3 Å². The lowest BCUT2D eigenvalue weighted by Crippen LogP contribution is -2.07. The van der Waals surface area contributed by atoms with Gasteiger partial charge in [-0.3, -0.25) is 0 Å². The predicted octanol–water partition coefficient (Wildman–Crippen LogP) is 4.38. The number of halogens is 3. The molecule has 132 valence electrons. The van der Waals surface area contributed by atoms with Crippen LogP contribution in [0.4, 0.5) is 13.2 Å². The van der Waals surface area contributed by atoms with E-state index in [2.05, 4.69) is 11.6 Å². The van der Waals surface area contributed by atoms with Crippen LogP contribution in [-0.2, 0) is 20.4 Å². The SMILES string of the molecule is C=C(c1csc(C(F)(F)F)n1)c1ccccc1/C(=C\OC)C(=O)OC. The van der Waals surface area contributed by atoms with Crippen LogP contribution in [0.1, 0.15) is 21.8 Å². The number of ether oxygens (including phenoxy) is 2. The lowest BCUT2D eigenvalue weighted by Gasteiger charge is -2.12. The van der Waals surface area contributed by atoms with Crippen LogP contribution in [0.25, 0.3) is 11.1 Å². The van der Waals surface area contributed by atoms with Gasteiger partial charge in [0.15, 0.2) is 5.01 Å². The zero-order valence-electron chi connectivity index (χ0n) is 13.4. The number of hydrogen-bond donors (Lipinski definition) is 0. The van der Waals surface area contributed by atoms with Gasteiger partial charge >= 0.3 is 12.1 Å². The molecule has 0 radical (unpaired) electrons. The summed E-state index contributed by atoms with van der Waals surface area (Å²) in [6.45, 7) is 3.84. The van der Waals surface area contributed by atoms with Crippen molar-refractivity contribution in [2.75, 3.05) is 14.2 Å². The number of aromatic nitrogens is 1. The number of thiazole rings is 1. The average molecular weight is 369 g/mol. The molecule has 2 aromatic rings. The number of nitrogens with zero attached hydrogens (tertiary/aromatic N) is 1. The van der Waals surface area contributed by atoms with Crippen molar-refractivity contribution >= 4 is 28.5 Å². The maximum absolute atomic E-state index is 12.8. The van der Waals surface area contributed by atoms with Crippen LogP contribution in [0.5, 0.6) is 0 Å². The number of carbonyl (C=O) groups is 1. The molecule has 0 aliphatic carbocycles. The maximum Gasteiger partial charge on any atom is 0.443 e. The molecular formula is C17H14F3NO3S. The molecule has 0 fully saturated rings. The summed E-state index contributed by atoms with van der Waals surface area (Å²) >= 11 is 0.487. The van der Waals surface area contributed by atoms with Crippen LogP contribution in [0.15, 0.2) is 42.5 Å². The Morgan fingerprint density at radius 1 is 1.24 bits per heavy atom. The second kappa shape index (κ2) is 7.52. The van der Waals surface area contributed by atoms with E-state index in [9.17, 15) is 18.0 Å². The van der Waals surface area contributed by atoms with Crippen LogP contribution < -0.4 is 0 Å². The molecule has 0 aliphatic rings. The van der Waals surface area contributed by atoms with Crippen molar-refractivity contribution in [2.45, 2.75) is 6.18 Å². The van der Waals surface area contributed by atoms with Gasteiger partial charge in [-0.25, -0.2) is 9.78 Å². The molecule has 2 rings (SSSR count). The van der Waals surface area contributed by atoms with E-state index < -0.39 is 17.2 Å². The quantitative estimate of drug-likeness (QED) is 0.446. The molecule has 0 spiro atoms. The summed E-state index contributed by atoms with van der Waals surface area (Å²) in [4.78, 5) is 15.6. The Morgan fingerprint density at radius 3 is 2.40 bits per heavy atom. The van der Waals surface area contributed by atoms with Crippen molar-refractivity contribution in [2.24, 2.45) is 0 Å². The third-order valence-electron chi connectivity index (χ3n) is 3.24. The summed E-state index contributed by atoms with van der Waals surface area (Å²) in [7, 11) is 2.59. The maximum atomic E-state index is 12.8. The third kappa shape index (κ3) is 4.08. The normalized spacial score (nSPS) is 12.0. The Bertz CT molecular complexity index is 825. The average Bonchev–Trinajstić information content (AvgIpc) is 3.09. The first-order valence-corrected chi connectivity index (χ1v) is 7.80. The molecule has 0 unspecified atom stereocenters. The van der Waals surface area contributed by atoms with E-state index in [-0.39, 0.29) is 16.8 Å². The first-order chi connectivity index (χ1) is 11.8. The molecule has 0 saturated heterocycles. The van der Waals surface area contributed by atoms with Gasteiger partial charge in [-0.05, 0) is 11.1 Å². The lowest BCUT2D eigenvalue weighted by molar-refractivity contribution is -0.137. The summed E-state index contributed by atoms with van der Waals surface area (Å²) in [5.74, 6) is -0.642. The van der Waals surface area contributed by atoms with Gasteiger partial charge in [-0.2, -0.15) is 13.2 Å². The Kier molecular flexibility index (Phi) is 5.63. The van der Waals surface area contributed by atoms with E-state index in [0.717, 1.165) is 0 Å². The molecule has 4 nitrogen and oxygen atoms in total. The van der Waals surface area contributed by atoms with E-state index in [4.69, 9.17) is 9.47 Å². The second-order valence-electron chi connectivity index (χ2n) is 4.82. The van der Waals surface area contributed by atoms with Crippen LogP contribution in [0, 0.1) is 0 Å². The van der Waals surface area contributed by atoms with E-state index in [0.29, 0.717) is 22.5 Å². The molecule has 0 amide bonds. The zero-order valence-corrected chi connectivity index (χ0v) is 14.2. The number of methoxy groups -OCH3 is 2. The van der Waals surface area contributed by atoms with Crippen LogP contribution in [0.3, 0.4) is 0 Å². The number of rotatable bonds is 5. The van der Waals surface area contributed by atoms with Gasteiger partial charge < -0.3 is 9.47 Å². The fourth-order valence-corrected chi connectivity index (χ4v) is 2.81. The van der Waals surface area contributed by atoms with Gasteiger partial charge in [0.05, 0.1) is 26.2 Å². The molecule has 0 atom stereocenters. The number of benzene rings is 1. The first kappa shape index (κ1) is 18.7. The number of esters is 1. The van der Waals surface area contributed by atoms with Crippen molar-refractivity contribution in [3.05, 3.63) is 64.3 Å². The van der Waals surface area contributed by atoms with Crippen molar-refractivity contribution in [3.8, 4) is 0 Å². The minimum atomic E-state index is -4.52. The minimum Gasteiger partial charge on any atom is -0.503 e. The molecule has 1 aromatic carbocycles. The van der Waals surface area contributed by atoms with Gasteiger partial charge in [0.2, 0.25) is 0 Å². The fourth-order valence-electron chi connectivity index (χ4n) is 2.11. The Balaban J connectivity index is 2.50. The van der Waals surface area contributed by atoms with E-state index in [1.165, 1.54) is 25.9 Å². The van der Waals surface area contributed by atoms with Crippen LogP contribution in [-0.4, -0.2) is 25.2 Å². The van der Waals surface area contributed by atoms with Gasteiger partial charge in [0, 0.05) is 11.0 Å². The molecule has 0 aliphatic heterocycles. The highest BCUT2D eigenvalue weighted by molar-refractivity contribution is 7.09. The zero-order chi connectivity index (χ0) is 18.6. The molecule has 1 heterocycles. The predicted molar refractivity (Wildman–Crippen MR) is 88.7 cm³/mol. The fraction of sp³-hybridized carbons (Fsp3) is 0.176. The number of carbonyl (C=O) groups excluding carboxylic acids is 1. The van der Waals surface area contributed by atoms with E-state index in [1.807, 2.05) is 0 Å². The van der Waals surface area contributed by atoms with Crippen molar-refractivity contribution < 1.29 is 27.4 Å². The minimum absolute atomic E-state index is 0.0893. The summed E-state index contributed by atoms with van der Waals surface area (Å²) in [6, 6.07) is 6.62. The van der Waals surface area contributed by atoms with Crippen molar-refractivity contribution in [3.63, 3.8) is 0 Å².